The van der Waals surface area contributed by atoms with Gasteiger partial charge >= 0.3 is 0 Å². The number of rotatable bonds is 5. The third-order valence-corrected chi connectivity index (χ3v) is 3.61. The van der Waals surface area contributed by atoms with Crippen LogP contribution in [0.25, 0.3) is 0 Å². The lowest BCUT2D eigenvalue weighted by molar-refractivity contribution is 0.102. The van der Waals surface area contributed by atoms with Gasteiger partial charge in [0.15, 0.2) is 17.3 Å². The molecule has 0 spiro atoms. The van der Waals surface area contributed by atoms with Crippen molar-refractivity contribution in [1.82, 2.24) is 0 Å². The van der Waals surface area contributed by atoms with Crippen LogP contribution in [0.15, 0.2) is 53.4 Å². The summed E-state index contributed by atoms with van der Waals surface area (Å²) in [6.07, 6.45) is 0. The van der Waals surface area contributed by atoms with Gasteiger partial charge in [-0.25, -0.2) is 0 Å². The van der Waals surface area contributed by atoms with E-state index in [1.54, 1.807) is 30.3 Å². The van der Waals surface area contributed by atoms with Crippen LogP contribution in [-0.4, -0.2) is 23.8 Å². The maximum Gasteiger partial charge on any atom is 0.173 e. The molecule has 0 heterocycles. The molecule has 0 atom stereocenters. The molecule has 0 aliphatic carbocycles. The summed E-state index contributed by atoms with van der Waals surface area (Å²) < 4.78 is 5.03. The molecule has 98 valence electrons. The average molecular weight is 274 g/mol. The minimum absolute atomic E-state index is 0.0811. The Morgan fingerprint density at radius 2 is 1.95 bits per heavy atom. The van der Waals surface area contributed by atoms with Gasteiger partial charge in [0.2, 0.25) is 0 Å². The fraction of sp³-hybridized carbons (Fsp3) is 0.133. The lowest BCUT2D eigenvalue weighted by atomic mass is 10.2. The van der Waals surface area contributed by atoms with E-state index in [1.807, 2.05) is 18.2 Å². The predicted octanol–water partition coefficient (Wildman–Crippen LogP) is 3.38. The van der Waals surface area contributed by atoms with Gasteiger partial charge in [-0.2, -0.15) is 0 Å². The second-order valence-electron chi connectivity index (χ2n) is 3.91. The molecule has 0 aliphatic heterocycles. The van der Waals surface area contributed by atoms with E-state index < -0.39 is 0 Å². The van der Waals surface area contributed by atoms with Gasteiger partial charge < -0.3 is 9.84 Å². The average Bonchev–Trinajstić information content (AvgIpc) is 2.47. The van der Waals surface area contributed by atoms with Crippen molar-refractivity contribution >= 4 is 17.5 Å². The van der Waals surface area contributed by atoms with Crippen molar-refractivity contribution in [2.45, 2.75) is 4.90 Å². The molecule has 0 unspecified atom stereocenters. The van der Waals surface area contributed by atoms with Gasteiger partial charge in [-0.05, 0) is 18.2 Å². The lowest BCUT2D eigenvalue weighted by Crippen LogP contribution is -2.01. The number of ketones is 1. The van der Waals surface area contributed by atoms with Gasteiger partial charge in [-0.15, -0.1) is 11.8 Å². The summed E-state index contributed by atoms with van der Waals surface area (Å²) in [5.74, 6) is 0.953. The molecular weight excluding hydrogens is 260 g/mol. The summed E-state index contributed by atoms with van der Waals surface area (Å²) in [5, 5.41) is 9.49. The topological polar surface area (TPSA) is 46.5 Å². The smallest absolute Gasteiger partial charge is 0.173 e. The lowest BCUT2D eigenvalue weighted by Gasteiger charge is -2.06. The van der Waals surface area contributed by atoms with Crippen molar-refractivity contribution in [3.05, 3.63) is 54.1 Å². The van der Waals surface area contributed by atoms with Gasteiger partial charge in [-0.1, -0.05) is 30.3 Å². The molecule has 0 radical (unpaired) electrons. The van der Waals surface area contributed by atoms with Crippen LogP contribution in [0.5, 0.6) is 11.5 Å². The molecule has 2 aromatic carbocycles. The zero-order valence-electron chi connectivity index (χ0n) is 10.5. The van der Waals surface area contributed by atoms with Gasteiger partial charge in [0.25, 0.3) is 0 Å². The first-order valence-electron chi connectivity index (χ1n) is 5.79. The number of carbonyl (C=O) groups excluding carboxylic acids is 1. The van der Waals surface area contributed by atoms with Crippen molar-refractivity contribution in [3.63, 3.8) is 0 Å². The molecule has 0 aromatic heterocycles. The third kappa shape index (κ3) is 3.51. The molecule has 4 heteroatoms. The number of benzene rings is 2. The quantitative estimate of drug-likeness (QED) is 0.670. The van der Waals surface area contributed by atoms with Crippen LogP contribution in [0.2, 0.25) is 0 Å². The van der Waals surface area contributed by atoms with Crippen LogP contribution in [-0.2, 0) is 0 Å². The number of methoxy groups -OCH3 is 1. The summed E-state index contributed by atoms with van der Waals surface area (Å²) in [6.45, 7) is 0. The number of thioether (sulfide) groups is 1. The van der Waals surface area contributed by atoms with Crippen molar-refractivity contribution in [3.8, 4) is 11.5 Å². The van der Waals surface area contributed by atoms with Crippen molar-refractivity contribution < 1.29 is 14.6 Å². The fourth-order valence-corrected chi connectivity index (χ4v) is 2.42. The third-order valence-electron chi connectivity index (χ3n) is 2.62. The zero-order valence-corrected chi connectivity index (χ0v) is 11.3. The van der Waals surface area contributed by atoms with Crippen LogP contribution in [0.1, 0.15) is 10.4 Å². The molecule has 2 aromatic rings. The highest BCUT2D eigenvalue weighted by Gasteiger charge is 2.08. The van der Waals surface area contributed by atoms with Crippen molar-refractivity contribution in [2.75, 3.05) is 12.9 Å². The van der Waals surface area contributed by atoms with Gasteiger partial charge in [0.05, 0.1) is 12.9 Å². The Bertz CT molecular complexity index is 567. The number of ether oxygens (including phenoxy) is 1. The van der Waals surface area contributed by atoms with Crippen LogP contribution < -0.4 is 4.74 Å². The maximum absolute atomic E-state index is 11.9. The number of phenols is 1. The first-order chi connectivity index (χ1) is 9.20. The summed E-state index contributed by atoms with van der Waals surface area (Å²) in [5.41, 5.74) is 0.709. The van der Waals surface area contributed by atoms with Gasteiger partial charge in [0, 0.05) is 10.5 Å². The molecule has 1 N–H and O–H groups in total. The Hall–Kier alpha value is -1.94. The Morgan fingerprint density at radius 1 is 1.21 bits per heavy atom. The number of phenolic OH excluding ortho intramolecular Hbond substituents is 1. The van der Waals surface area contributed by atoms with E-state index in [2.05, 4.69) is 0 Å². The molecule has 0 saturated heterocycles. The van der Waals surface area contributed by atoms with Crippen LogP contribution in [0, 0.1) is 0 Å². The van der Waals surface area contributed by atoms with Crippen LogP contribution in [0.3, 0.4) is 0 Å². The number of carbonyl (C=O) groups is 1. The van der Waals surface area contributed by atoms with Crippen molar-refractivity contribution in [1.29, 1.82) is 0 Å². The highest BCUT2D eigenvalue weighted by atomic mass is 32.2. The number of Topliss-reactive ketones (excluding diaryl/α,β-unsaturated/α-hetero) is 1. The molecule has 0 fully saturated rings. The van der Waals surface area contributed by atoms with Crippen LogP contribution >= 0.6 is 11.8 Å². The minimum atomic E-state index is 0.0811. The van der Waals surface area contributed by atoms with E-state index in [1.165, 1.54) is 18.9 Å². The Balaban J connectivity index is 2.01. The summed E-state index contributed by atoms with van der Waals surface area (Å²) in [4.78, 5) is 12.8. The first-order valence-corrected chi connectivity index (χ1v) is 6.77. The highest BCUT2D eigenvalue weighted by molar-refractivity contribution is 8.00. The Kier molecular flexibility index (Phi) is 4.47. The maximum atomic E-state index is 11.9. The summed E-state index contributed by atoms with van der Waals surface area (Å²) >= 11 is 1.42. The molecule has 19 heavy (non-hydrogen) atoms. The summed E-state index contributed by atoms with van der Waals surface area (Å²) in [7, 11) is 1.50. The van der Waals surface area contributed by atoms with E-state index in [0.717, 1.165) is 4.90 Å². The zero-order chi connectivity index (χ0) is 13.7. The SMILES string of the molecule is COc1cc(SCC(=O)c2ccccc2)ccc1O. The monoisotopic (exact) mass is 274 g/mol. The normalized spacial score (nSPS) is 10.2. The Labute approximate surface area is 116 Å². The minimum Gasteiger partial charge on any atom is -0.504 e. The predicted molar refractivity (Wildman–Crippen MR) is 76.2 cm³/mol. The van der Waals surface area contributed by atoms with E-state index in [0.29, 0.717) is 17.1 Å². The fourth-order valence-electron chi connectivity index (χ4n) is 1.60. The molecule has 3 nitrogen and oxygen atoms in total. The van der Waals surface area contributed by atoms with Gasteiger partial charge in [-0.3, -0.25) is 4.79 Å². The number of aromatic hydroxyl groups is 1. The second kappa shape index (κ2) is 6.29. The molecule has 0 saturated carbocycles. The molecule has 0 bridgehead atoms. The molecule has 0 aliphatic rings. The van der Waals surface area contributed by atoms with Gasteiger partial charge in [0.1, 0.15) is 0 Å². The number of hydrogen-bond acceptors (Lipinski definition) is 4. The molecule has 0 amide bonds. The van der Waals surface area contributed by atoms with Crippen molar-refractivity contribution in [2.24, 2.45) is 0 Å². The van der Waals surface area contributed by atoms with E-state index >= 15 is 0 Å². The standard InChI is InChI=1S/C15H14O3S/c1-18-15-9-12(7-8-13(15)16)19-10-14(17)11-5-3-2-4-6-11/h2-9,16H,10H2,1H3. The van der Waals surface area contributed by atoms with Crippen LogP contribution in [0.4, 0.5) is 0 Å². The second-order valence-corrected chi connectivity index (χ2v) is 4.96. The molecule has 2 rings (SSSR count). The first kappa shape index (κ1) is 13.5. The molecular formula is C15H14O3S. The summed E-state index contributed by atoms with van der Waals surface area (Å²) in [6, 6.07) is 14.2. The van der Waals surface area contributed by atoms with E-state index in [9.17, 15) is 9.90 Å². The number of hydrogen-bond donors (Lipinski definition) is 1. The Morgan fingerprint density at radius 3 is 2.63 bits per heavy atom. The van der Waals surface area contributed by atoms with E-state index in [4.69, 9.17) is 4.74 Å². The van der Waals surface area contributed by atoms with E-state index in [-0.39, 0.29) is 11.5 Å². The largest absolute Gasteiger partial charge is 0.504 e. The highest BCUT2D eigenvalue weighted by Crippen LogP contribution is 2.31.